The second-order valence-electron chi connectivity index (χ2n) is 6.16. The number of nitrogens with zero attached hydrogens (tertiary/aromatic N) is 1. The van der Waals surface area contributed by atoms with Gasteiger partial charge in [0.05, 0.1) is 16.0 Å². The van der Waals surface area contributed by atoms with Gasteiger partial charge in [-0.3, -0.25) is 10.1 Å². The van der Waals surface area contributed by atoms with Gasteiger partial charge in [-0.25, -0.2) is 8.78 Å². The van der Waals surface area contributed by atoms with Crippen LogP contribution in [-0.2, 0) is 5.60 Å². The number of halogens is 3. The lowest BCUT2D eigenvalue weighted by atomic mass is 9.79. The molecule has 0 N–H and O–H groups in total. The molecule has 0 radical (unpaired) electrons. The summed E-state index contributed by atoms with van der Waals surface area (Å²) in [6.45, 7) is 0. The average molecular weight is 368 g/mol. The zero-order valence-corrected chi connectivity index (χ0v) is 14.1. The Hall–Kier alpha value is -2.21. The van der Waals surface area contributed by atoms with E-state index in [0.717, 1.165) is 25.3 Å². The van der Waals surface area contributed by atoms with E-state index in [2.05, 4.69) is 0 Å². The number of non-ortho nitro benzene ring substituents is 1. The zero-order valence-electron chi connectivity index (χ0n) is 13.3. The van der Waals surface area contributed by atoms with Crippen molar-refractivity contribution < 1.29 is 18.4 Å². The first-order valence-corrected chi connectivity index (χ1v) is 8.38. The minimum absolute atomic E-state index is 0.0104. The summed E-state index contributed by atoms with van der Waals surface area (Å²) in [5.74, 6) is -1.45. The Morgan fingerprint density at radius 3 is 2.36 bits per heavy atom. The minimum Gasteiger partial charge on any atom is -0.479 e. The molecule has 7 heteroatoms. The Bertz CT molecular complexity index is 807. The highest BCUT2D eigenvalue weighted by Crippen LogP contribution is 2.42. The fourth-order valence-corrected chi connectivity index (χ4v) is 3.37. The Balaban J connectivity index is 1.99. The van der Waals surface area contributed by atoms with Gasteiger partial charge in [0.1, 0.15) is 11.4 Å². The molecule has 0 aromatic heterocycles. The van der Waals surface area contributed by atoms with Gasteiger partial charge in [0.15, 0.2) is 11.6 Å². The molecule has 0 atom stereocenters. The zero-order chi connectivity index (χ0) is 18.0. The Morgan fingerprint density at radius 2 is 1.76 bits per heavy atom. The van der Waals surface area contributed by atoms with Crippen LogP contribution >= 0.6 is 11.6 Å². The highest BCUT2D eigenvalue weighted by molar-refractivity contribution is 6.30. The lowest BCUT2D eigenvalue weighted by Gasteiger charge is -2.38. The van der Waals surface area contributed by atoms with Crippen LogP contribution in [0.5, 0.6) is 5.75 Å². The van der Waals surface area contributed by atoms with Crippen molar-refractivity contribution in [1.29, 1.82) is 0 Å². The van der Waals surface area contributed by atoms with Gasteiger partial charge in [-0.2, -0.15) is 0 Å². The van der Waals surface area contributed by atoms with E-state index in [1.165, 1.54) is 24.3 Å². The number of rotatable bonds is 4. The van der Waals surface area contributed by atoms with E-state index in [9.17, 15) is 18.9 Å². The predicted octanol–water partition coefficient (Wildman–Crippen LogP) is 5.76. The molecule has 1 fully saturated rings. The molecule has 0 aliphatic heterocycles. The molecule has 4 nitrogen and oxygen atoms in total. The van der Waals surface area contributed by atoms with Gasteiger partial charge < -0.3 is 4.74 Å². The molecule has 0 spiro atoms. The second kappa shape index (κ2) is 6.96. The normalized spacial score (nSPS) is 16.4. The standard InChI is InChI=1S/C18H16ClF2NO3/c19-14-6-4-12(10-15(14)20)18(8-2-1-3-9-18)25-17-7-5-13(22(23)24)11-16(17)21/h4-7,10-11H,1-3,8-9H2. The predicted molar refractivity (Wildman–Crippen MR) is 89.9 cm³/mol. The van der Waals surface area contributed by atoms with Gasteiger partial charge in [-0.15, -0.1) is 0 Å². The van der Waals surface area contributed by atoms with Crippen LogP contribution in [0.3, 0.4) is 0 Å². The molecule has 3 rings (SSSR count). The topological polar surface area (TPSA) is 52.4 Å². The van der Waals surface area contributed by atoms with Gasteiger partial charge in [-0.05, 0) is 49.4 Å². The molecule has 25 heavy (non-hydrogen) atoms. The van der Waals surface area contributed by atoms with E-state index >= 15 is 0 Å². The second-order valence-corrected chi connectivity index (χ2v) is 6.56. The van der Waals surface area contributed by atoms with Crippen molar-refractivity contribution >= 4 is 17.3 Å². The molecule has 132 valence electrons. The van der Waals surface area contributed by atoms with Crippen LogP contribution in [0.4, 0.5) is 14.5 Å². The highest BCUT2D eigenvalue weighted by atomic mass is 35.5. The van der Waals surface area contributed by atoms with E-state index in [1.54, 1.807) is 6.07 Å². The quantitative estimate of drug-likeness (QED) is 0.509. The molecule has 2 aromatic carbocycles. The maximum atomic E-state index is 14.3. The molecule has 2 aromatic rings. The first-order valence-electron chi connectivity index (χ1n) is 8.00. The Morgan fingerprint density at radius 1 is 1.04 bits per heavy atom. The largest absolute Gasteiger partial charge is 0.479 e. The van der Waals surface area contributed by atoms with Gasteiger partial charge in [0.2, 0.25) is 0 Å². The van der Waals surface area contributed by atoms with Crippen LogP contribution in [-0.4, -0.2) is 4.92 Å². The molecule has 0 unspecified atom stereocenters. The molecule has 0 saturated heterocycles. The summed E-state index contributed by atoms with van der Waals surface area (Å²) in [4.78, 5) is 10.1. The minimum atomic E-state index is -0.874. The lowest BCUT2D eigenvalue weighted by Crippen LogP contribution is -2.35. The van der Waals surface area contributed by atoms with Gasteiger partial charge in [0, 0.05) is 6.07 Å². The summed E-state index contributed by atoms with van der Waals surface area (Å²) in [6, 6.07) is 7.72. The molecule has 0 bridgehead atoms. The van der Waals surface area contributed by atoms with Crippen LogP contribution in [0.1, 0.15) is 37.7 Å². The van der Waals surface area contributed by atoms with Crippen molar-refractivity contribution in [2.45, 2.75) is 37.7 Å². The van der Waals surface area contributed by atoms with Crippen LogP contribution in [0.25, 0.3) is 0 Å². The number of benzene rings is 2. The van der Waals surface area contributed by atoms with E-state index in [4.69, 9.17) is 16.3 Å². The lowest BCUT2D eigenvalue weighted by molar-refractivity contribution is -0.385. The number of nitro groups is 1. The molecule has 1 aliphatic rings. The van der Waals surface area contributed by atoms with Gasteiger partial charge >= 0.3 is 0 Å². The third-order valence-electron chi connectivity index (χ3n) is 4.54. The van der Waals surface area contributed by atoms with Crippen LogP contribution in [0.2, 0.25) is 5.02 Å². The number of ether oxygens (including phenoxy) is 1. The summed E-state index contributed by atoms with van der Waals surface area (Å²) < 4.78 is 34.2. The number of hydrogen-bond acceptors (Lipinski definition) is 3. The first-order chi connectivity index (χ1) is 11.9. The third-order valence-corrected chi connectivity index (χ3v) is 4.85. The van der Waals surface area contributed by atoms with Crippen LogP contribution < -0.4 is 4.74 Å². The summed E-state index contributed by atoms with van der Waals surface area (Å²) in [5, 5.41) is 10.8. The highest BCUT2D eigenvalue weighted by Gasteiger charge is 2.37. The van der Waals surface area contributed by atoms with Crippen molar-refractivity contribution in [3.05, 3.63) is 68.7 Å². The molecule has 1 aliphatic carbocycles. The first kappa shape index (κ1) is 17.6. The van der Waals surface area contributed by atoms with Crippen molar-refractivity contribution in [1.82, 2.24) is 0 Å². The molecule has 0 heterocycles. The van der Waals surface area contributed by atoms with Crippen molar-refractivity contribution in [3.8, 4) is 5.75 Å². The van der Waals surface area contributed by atoms with Crippen LogP contribution in [0.15, 0.2) is 36.4 Å². The fraction of sp³-hybridized carbons (Fsp3) is 0.333. The monoisotopic (exact) mass is 367 g/mol. The van der Waals surface area contributed by atoms with Gasteiger partial charge in [0.25, 0.3) is 5.69 Å². The number of hydrogen-bond donors (Lipinski definition) is 0. The van der Waals surface area contributed by atoms with E-state index in [-0.39, 0.29) is 16.5 Å². The molecule has 1 saturated carbocycles. The van der Waals surface area contributed by atoms with Crippen molar-refractivity contribution in [2.24, 2.45) is 0 Å². The van der Waals surface area contributed by atoms with Gasteiger partial charge in [-0.1, -0.05) is 24.1 Å². The average Bonchev–Trinajstić information content (AvgIpc) is 2.59. The maximum Gasteiger partial charge on any atom is 0.272 e. The molecular weight excluding hydrogens is 352 g/mol. The fourth-order valence-electron chi connectivity index (χ4n) is 3.25. The Kier molecular flexibility index (Phi) is 4.90. The van der Waals surface area contributed by atoms with E-state index < -0.39 is 22.2 Å². The number of nitro benzene ring substituents is 1. The summed E-state index contributed by atoms with van der Waals surface area (Å²) >= 11 is 5.76. The smallest absolute Gasteiger partial charge is 0.272 e. The molecule has 0 amide bonds. The van der Waals surface area contributed by atoms with E-state index in [1.807, 2.05) is 0 Å². The summed E-state index contributed by atoms with van der Waals surface area (Å²) in [5.41, 5.74) is -0.632. The van der Waals surface area contributed by atoms with Crippen molar-refractivity contribution in [3.63, 3.8) is 0 Å². The summed E-state index contributed by atoms with van der Waals surface area (Å²) in [6.07, 6.45) is 3.94. The van der Waals surface area contributed by atoms with Crippen molar-refractivity contribution in [2.75, 3.05) is 0 Å². The molecular formula is C18H16ClF2NO3. The Labute approximate surface area is 148 Å². The SMILES string of the molecule is O=[N+]([O-])c1ccc(OC2(c3ccc(Cl)c(F)c3)CCCCC2)c(F)c1. The third kappa shape index (κ3) is 3.58. The summed E-state index contributed by atoms with van der Waals surface area (Å²) in [7, 11) is 0. The van der Waals surface area contributed by atoms with E-state index in [0.29, 0.717) is 18.4 Å². The van der Waals surface area contributed by atoms with Crippen LogP contribution in [0, 0.1) is 21.7 Å². The maximum absolute atomic E-state index is 14.3.